The molecule has 0 aromatic rings. The number of hydrogen-bond acceptors (Lipinski definition) is 6. The highest BCUT2D eigenvalue weighted by molar-refractivity contribution is 8.13. The maximum absolute atomic E-state index is 12.0. The fourth-order valence-electron chi connectivity index (χ4n) is 2.15. The van der Waals surface area contributed by atoms with E-state index in [2.05, 4.69) is 16.9 Å². The van der Waals surface area contributed by atoms with E-state index < -0.39 is 24.3 Å². The first-order chi connectivity index (χ1) is 9.45. The second kappa shape index (κ2) is 5.84. The first-order valence-corrected chi connectivity index (χ1v) is 7.28. The lowest BCUT2D eigenvalue weighted by Gasteiger charge is -2.35. The quantitative estimate of drug-likeness (QED) is 0.704. The molecule has 8 heteroatoms. The van der Waals surface area contributed by atoms with Crippen LogP contribution in [-0.4, -0.2) is 69.7 Å². The van der Waals surface area contributed by atoms with E-state index in [1.165, 1.54) is 16.7 Å². The van der Waals surface area contributed by atoms with Crippen LogP contribution >= 0.6 is 11.8 Å². The Morgan fingerprint density at radius 2 is 2.30 bits per heavy atom. The van der Waals surface area contributed by atoms with E-state index in [0.29, 0.717) is 17.5 Å². The van der Waals surface area contributed by atoms with Crippen molar-refractivity contribution in [2.24, 2.45) is 4.99 Å². The number of aliphatic hydroxyl groups excluding tert-OH is 1. The first kappa shape index (κ1) is 14.9. The Labute approximate surface area is 121 Å². The number of hydrogen-bond donors (Lipinski definition) is 2. The molecule has 0 spiro atoms. The van der Waals surface area contributed by atoms with E-state index in [1.807, 2.05) is 4.90 Å². The molecule has 0 aliphatic carbocycles. The third-order valence-electron chi connectivity index (χ3n) is 3.10. The molecule has 0 saturated carbocycles. The number of nitrogens with one attached hydrogen (secondary N) is 1. The van der Waals surface area contributed by atoms with Crippen molar-refractivity contribution in [1.82, 2.24) is 15.1 Å². The Bertz CT molecular complexity index is 466. The zero-order chi connectivity index (χ0) is 14.9. The molecular formula is C12H18N4O3S. The Hall–Kier alpha value is -1.54. The summed E-state index contributed by atoms with van der Waals surface area (Å²) in [7, 11) is 1.61. The van der Waals surface area contributed by atoms with Crippen LogP contribution in [0.2, 0.25) is 0 Å². The maximum atomic E-state index is 12.0. The standard InChI is InChI=1S/C12H18N4O3S/c1-4-5-16-8-9(13-12(16)20-6-7(2)17)15(3)11(19)14-10(8)18/h4,7-9,17H,1,5-6H2,2-3H3,(H,14,18,19). The van der Waals surface area contributed by atoms with E-state index in [9.17, 15) is 14.7 Å². The molecule has 1 saturated heterocycles. The van der Waals surface area contributed by atoms with Gasteiger partial charge in [0.2, 0.25) is 0 Å². The summed E-state index contributed by atoms with van der Waals surface area (Å²) in [5.41, 5.74) is 0. The Morgan fingerprint density at radius 3 is 2.90 bits per heavy atom. The number of likely N-dealkylation sites (N-methyl/N-ethyl adjacent to an activating group) is 1. The van der Waals surface area contributed by atoms with Crippen LogP contribution in [0.4, 0.5) is 4.79 Å². The van der Waals surface area contributed by atoms with Gasteiger partial charge in [-0.15, -0.1) is 6.58 Å². The van der Waals surface area contributed by atoms with Crippen LogP contribution in [0.15, 0.2) is 17.6 Å². The number of imide groups is 1. The monoisotopic (exact) mass is 298 g/mol. The highest BCUT2D eigenvalue weighted by Crippen LogP contribution is 2.28. The summed E-state index contributed by atoms with van der Waals surface area (Å²) >= 11 is 1.37. The fourth-order valence-corrected chi connectivity index (χ4v) is 3.07. The van der Waals surface area contributed by atoms with Crippen molar-refractivity contribution >= 4 is 28.9 Å². The summed E-state index contributed by atoms with van der Waals surface area (Å²) in [5, 5.41) is 12.3. The van der Waals surface area contributed by atoms with Crippen molar-refractivity contribution in [3.8, 4) is 0 Å². The molecule has 3 amide bonds. The predicted octanol–water partition coefficient (Wildman–Crippen LogP) is -0.166. The topological polar surface area (TPSA) is 85.2 Å². The number of fused-ring (bicyclic) bond motifs is 1. The number of thioether (sulfide) groups is 1. The van der Waals surface area contributed by atoms with Crippen molar-refractivity contribution < 1.29 is 14.7 Å². The van der Waals surface area contributed by atoms with Gasteiger partial charge in [-0.05, 0) is 6.92 Å². The van der Waals surface area contributed by atoms with Gasteiger partial charge in [0, 0.05) is 19.3 Å². The zero-order valence-corrected chi connectivity index (χ0v) is 12.3. The Kier molecular flexibility index (Phi) is 4.34. The second-order valence-electron chi connectivity index (χ2n) is 4.78. The number of nitrogens with zero attached hydrogens (tertiary/aromatic N) is 3. The third-order valence-corrected chi connectivity index (χ3v) is 4.35. The second-order valence-corrected chi connectivity index (χ2v) is 5.76. The van der Waals surface area contributed by atoms with Gasteiger partial charge in [0.1, 0.15) is 0 Å². The van der Waals surface area contributed by atoms with Gasteiger partial charge in [-0.25, -0.2) is 9.79 Å². The van der Waals surface area contributed by atoms with E-state index in [0.717, 1.165) is 0 Å². The molecule has 0 bridgehead atoms. The molecule has 2 aliphatic rings. The summed E-state index contributed by atoms with van der Waals surface area (Å²) in [4.78, 5) is 31.3. The van der Waals surface area contributed by atoms with Crippen LogP contribution in [-0.2, 0) is 4.79 Å². The van der Waals surface area contributed by atoms with Crippen molar-refractivity contribution in [3.63, 3.8) is 0 Å². The van der Waals surface area contributed by atoms with Crippen LogP contribution in [0.5, 0.6) is 0 Å². The number of amidine groups is 1. The molecule has 0 radical (unpaired) electrons. The number of carbonyl (C=O) groups excluding carboxylic acids is 2. The number of aliphatic imine (C=N–C) groups is 1. The van der Waals surface area contributed by atoms with Gasteiger partial charge in [-0.2, -0.15) is 0 Å². The van der Waals surface area contributed by atoms with E-state index in [1.54, 1.807) is 20.0 Å². The van der Waals surface area contributed by atoms with E-state index >= 15 is 0 Å². The molecule has 2 N–H and O–H groups in total. The Balaban J connectivity index is 2.24. The molecule has 0 aromatic heterocycles. The van der Waals surface area contributed by atoms with Crippen molar-refractivity contribution in [2.45, 2.75) is 25.2 Å². The first-order valence-electron chi connectivity index (χ1n) is 6.29. The normalized spacial score (nSPS) is 27.1. The molecule has 2 heterocycles. The third kappa shape index (κ3) is 2.66. The number of urea groups is 1. The fraction of sp³-hybridized carbons (Fsp3) is 0.583. The predicted molar refractivity (Wildman–Crippen MR) is 77.4 cm³/mol. The van der Waals surface area contributed by atoms with Gasteiger partial charge in [0.25, 0.3) is 5.91 Å². The van der Waals surface area contributed by atoms with Gasteiger partial charge in [-0.3, -0.25) is 10.1 Å². The van der Waals surface area contributed by atoms with Gasteiger partial charge < -0.3 is 14.9 Å². The SMILES string of the molecule is C=CCN1C(SCC(C)O)=NC2C1C(=O)NC(=O)N2C. The molecular weight excluding hydrogens is 280 g/mol. The lowest BCUT2D eigenvalue weighted by Crippen LogP contribution is -2.63. The van der Waals surface area contributed by atoms with Crippen molar-refractivity contribution in [2.75, 3.05) is 19.3 Å². The molecule has 2 aliphatic heterocycles. The molecule has 7 nitrogen and oxygen atoms in total. The molecule has 1 fully saturated rings. The molecule has 3 unspecified atom stereocenters. The molecule has 3 atom stereocenters. The molecule has 20 heavy (non-hydrogen) atoms. The van der Waals surface area contributed by atoms with E-state index in [4.69, 9.17) is 0 Å². The average molecular weight is 298 g/mol. The summed E-state index contributed by atoms with van der Waals surface area (Å²) in [5.74, 6) is 0.127. The Morgan fingerprint density at radius 1 is 1.60 bits per heavy atom. The van der Waals surface area contributed by atoms with Crippen LogP contribution in [0.1, 0.15) is 6.92 Å². The zero-order valence-electron chi connectivity index (χ0n) is 11.4. The largest absolute Gasteiger partial charge is 0.393 e. The minimum Gasteiger partial charge on any atom is -0.393 e. The van der Waals surface area contributed by atoms with Crippen LogP contribution in [0.25, 0.3) is 0 Å². The lowest BCUT2D eigenvalue weighted by atomic mass is 10.1. The number of aliphatic hydroxyl groups is 1. The number of rotatable bonds is 4. The number of amides is 3. The van der Waals surface area contributed by atoms with Crippen LogP contribution in [0, 0.1) is 0 Å². The molecule has 2 rings (SSSR count). The average Bonchev–Trinajstić information content (AvgIpc) is 2.74. The molecule has 0 aromatic carbocycles. The smallest absolute Gasteiger partial charge is 0.325 e. The van der Waals surface area contributed by atoms with Crippen LogP contribution in [0.3, 0.4) is 0 Å². The van der Waals surface area contributed by atoms with Gasteiger partial charge in [-0.1, -0.05) is 17.8 Å². The summed E-state index contributed by atoms with van der Waals surface area (Å²) in [6, 6.07) is -0.979. The van der Waals surface area contributed by atoms with Gasteiger partial charge in [0.05, 0.1) is 6.10 Å². The minimum absolute atomic E-state index is 0.351. The van der Waals surface area contributed by atoms with Crippen molar-refractivity contribution in [3.05, 3.63) is 12.7 Å². The van der Waals surface area contributed by atoms with Gasteiger partial charge >= 0.3 is 6.03 Å². The lowest BCUT2D eigenvalue weighted by molar-refractivity contribution is -0.126. The van der Waals surface area contributed by atoms with Gasteiger partial charge in [0.15, 0.2) is 17.4 Å². The summed E-state index contributed by atoms with van der Waals surface area (Å²) in [6.07, 6.45) is 0.696. The van der Waals surface area contributed by atoms with Crippen molar-refractivity contribution in [1.29, 1.82) is 0 Å². The highest BCUT2D eigenvalue weighted by Gasteiger charge is 2.48. The molecule has 110 valence electrons. The number of carbonyl (C=O) groups is 2. The van der Waals surface area contributed by atoms with Crippen LogP contribution < -0.4 is 5.32 Å². The van der Waals surface area contributed by atoms with E-state index in [-0.39, 0.29) is 5.91 Å². The minimum atomic E-state index is -0.535. The summed E-state index contributed by atoms with van der Waals surface area (Å²) < 4.78 is 0. The highest BCUT2D eigenvalue weighted by atomic mass is 32.2. The summed E-state index contributed by atoms with van der Waals surface area (Å²) in [6.45, 7) is 5.83. The maximum Gasteiger partial charge on any atom is 0.325 e.